The van der Waals surface area contributed by atoms with Crippen LogP contribution in [0.25, 0.3) is 10.8 Å². The van der Waals surface area contributed by atoms with Crippen molar-refractivity contribution in [3.05, 3.63) is 71.0 Å². The van der Waals surface area contributed by atoms with Gasteiger partial charge in [-0.1, -0.05) is 30.3 Å². The third-order valence-corrected chi connectivity index (χ3v) is 4.60. The zero-order chi connectivity index (χ0) is 20.8. The quantitative estimate of drug-likeness (QED) is 0.549. The van der Waals surface area contributed by atoms with E-state index in [1.807, 2.05) is 36.4 Å². The summed E-state index contributed by atoms with van der Waals surface area (Å²) in [4.78, 5) is 24.0. The molecule has 1 unspecified atom stereocenters. The molecule has 1 atom stereocenters. The van der Waals surface area contributed by atoms with Crippen molar-refractivity contribution >= 4 is 38.5 Å². The van der Waals surface area contributed by atoms with Crippen LogP contribution in [0.2, 0.25) is 0 Å². The second kappa shape index (κ2) is 9.38. The number of rotatable bonds is 6. The summed E-state index contributed by atoms with van der Waals surface area (Å²) in [5.41, 5.74) is 4.53. The predicted molar refractivity (Wildman–Crippen MR) is 110 cm³/mol. The van der Waals surface area contributed by atoms with Gasteiger partial charge in [-0.2, -0.15) is 0 Å². The van der Waals surface area contributed by atoms with Crippen molar-refractivity contribution in [1.82, 2.24) is 10.9 Å². The molecular weight excluding hydrogens is 443 g/mol. The van der Waals surface area contributed by atoms with Gasteiger partial charge in [-0.15, -0.1) is 0 Å². The molecule has 0 spiro atoms. The van der Waals surface area contributed by atoms with Crippen LogP contribution in [-0.4, -0.2) is 24.5 Å². The van der Waals surface area contributed by atoms with Crippen molar-refractivity contribution in [2.75, 3.05) is 6.61 Å². The van der Waals surface area contributed by atoms with E-state index in [9.17, 15) is 14.0 Å². The highest BCUT2D eigenvalue weighted by molar-refractivity contribution is 9.10. The lowest BCUT2D eigenvalue weighted by Gasteiger charge is -2.16. The van der Waals surface area contributed by atoms with Gasteiger partial charge in [0.15, 0.2) is 12.7 Å². The molecule has 2 N–H and O–H groups in total. The van der Waals surface area contributed by atoms with Crippen molar-refractivity contribution < 1.29 is 23.5 Å². The number of nitrogens with one attached hydrogen (secondary N) is 2. The normalized spacial score (nSPS) is 11.6. The highest BCUT2D eigenvalue weighted by Gasteiger charge is 2.16. The number of amides is 2. The number of hydrogen-bond acceptors (Lipinski definition) is 4. The van der Waals surface area contributed by atoms with Gasteiger partial charge in [0.05, 0.1) is 4.47 Å². The highest BCUT2D eigenvalue weighted by Crippen LogP contribution is 2.25. The minimum absolute atomic E-state index is 0.306. The summed E-state index contributed by atoms with van der Waals surface area (Å²) in [7, 11) is 0. The Kier molecular flexibility index (Phi) is 6.66. The number of ether oxygens (including phenoxy) is 2. The first-order valence-electron chi connectivity index (χ1n) is 8.74. The lowest BCUT2D eigenvalue weighted by molar-refractivity contribution is -0.133. The molecule has 3 aromatic rings. The van der Waals surface area contributed by atoms with E-state index in [0.717, 1.165) is 10.8 Å². The molecule has 0 saturated heterocycles. The summed E-state index contributed by atoms with van der Waals surface area (Å²) < 4.78 is 24.3. The number of halogens is 2. The average molecular weight is 461 g/mol. The first-order valence-corrected chi connectivity index (χ1v) is 9.53. The molecule has 0 saturated carbocycles. The monoisotopic (exact) mass is 460 g/mol. The topological polar surface area (TPSA) is 76.7 Å². The zero-order valence-electron chi connectivity index (χ0n) is 15.4. The van der Waals surface area contributed by atoms with Crippen LogP contribution in [0, 0.1) is 5.82 Å². The van der Waals surface area contributed by atoms with E-state index < -0.39 is 23.7 Å². The Labute approximate surface area is 175 Å². The minimum Gasteiger partial charge on any atom is -0.483 e. The van der Waals surface area contributed by atoms with Gasteiger partial charge in [0.25, 0.3) is 11.8 Å². The molecule has 8 heteroatoms. The molecule has 6 nitrogen and oxygen atoms in total. The Morgan fingerprint density at radius 2 is 1.79 bits per heavy atom. The van der Waals surface area contributed by atoms with Gasteiger partial charge in [0, 0.05) is 0 Å². The summed E-state index contributed by atoms with van der Waals surface area (Å²) in [5, 5.41) is 2.06. The summed E-state index contributed by atoms with van der Waals surface area (Å²) in [6, 6.07) is 17.2. The Morgan fingerprint density at radius 1 is 1.03 bits per heavy atom. The molecule has 0 aliphatic carbocycles. The van der Waals surface area contributed by atoms with Gasteiger partial charge < -0.3 is 9.47 Å². The molecule has 150 valence electrons. The molecule has 0 heterocycles. The van der Waals surface area contributed by atoms with Crippen molar-refractivity contribution in [1.29, 1.82) is 0 Å². The second-order valence-electron chi connectivity index (χ2n) is 6.17. The van der Waals surface area contributed by atoms with Crippen molar-refractivity contribution in [3.63, 3.8) is 0 Å². The predicted octanol–water partition coefficient (Wildman–Crippen LogP) is 3.74. The summed E-state index contributed by atoms with van der Waals surface area (Å²) in [6.45, 7) is 1.22. The molecule has 29 heavy (non-hydrogen) atoms. The smallest absolute Gasteiger partial charge is 0.279 e. The first kappa shape index (κ1) is 20.6. The zero-order valence-corrected chi connectivity index (χ0v) is 17.0. The van der Waals surface area contributed by atoms with Crippen LogP contribution in [0.15, 0.2) is 65.1 Å². The van der Waals surface area contributed by atoms with E-state index in [-0.39, 0.29) is 6.61 Å². The van der Waals surface area contributed by atoms with Crippen LogP contribution in [-0.2, 0) is 9.59 Å². The standard InChI is InChI=1S/C21H18BrFN2O4/c1-13(29-17-8-6-14-4-2-3-5-15(14)10-17)21(27)25-24-20(26)12-28-19-9-7-16(23)11-18(19)22/h2-11,13H,12H2,1H3,(H,24,26)(H,25,27). The fraction of sp³-hybridized carbons (Fsp3) is 0.143. The Hall–Kier alpha value is -3.13. The fourth-order valence-corrected chi connectivity index (χ4v) is 2.97. The van der Waals surface area contributed by atoms with Gasteiger partial charge in [-0.3, -0.25) is 20.4 Å². The molecule has 3 rings (SSSR count). The fourth-order valence-electron chi connectivity index (χ4n) is 2.50. The van der Waals surface area contributed by atoms with Crippen LogP contribution in [0.4, 0.5) is 4.39 Å². The molecule has 0 aliphatic heterocycles. The Bertz CT molecular complexity index is 1040. The molecular formula is C21H18BrFN2O4. The molecule has 0 fully saturated rings. The summed E-state index contributed by atoms with van der Waals surface area (Å²) in [5.74, 6) is -0.675. The van der Waals surface area contributed by atoms with Gasteiger partial charge >= 0.3 is 0 Å². The Balaban J connectivity index is 1.46. The van der Waals surface area contributed by atoms with Crippen LogP contribution in [0.3, 0.4) is 0 Å². The number of carbonyl (C=O) groups excluding carboxylic acids is 2. The van der Waals surface area contributed by atoms with Gasteiger partial charge in [0.2, 0.25) is 0 Å². The lowest BCUT2D eigenvalue weighted by Crippen LogP contribution is -2.48. The van der Waals surface area contributed by atoms with Crippen molar-refractivity contribution in [2.45, 2.75) is 13.0 Å². The van der Waals surface area contributed by atoms with E-state index in [1.54, 1.807) is 13.0 Å². The number of hydrogen-bond donors (Lipinski definition) is 2. The first-order chi connectivity index (χ1) is 13.9. The maximum atomic E-state index is 13.0. The second-order valence-corrected chi connectivity index (χ2v) is 7.02. The van der Waals surface area contributed by atoms with Gasteiger partial charge in [-0.25, -0.2) is 4.39 Å². The van der Waals surface area contributed by atoms with Gasteiger partial charge in [0.1, 0.15) is 17.3 Å². The number of carbonyl (C=O) groups is 2. The van der Waals surface area contributed by atoms with E-state index in [0.29, 0.717) is 16.0 Å². The van der Waals surface area contributed by atoms with Crippen LogP contribution >= 0.6 is 15.9 Å². The maximum Gasteiger partial charge on any atom is 0.279 e. The molecule has 0 bridgehead atoms. The van der Waals surface area contributed by atoms with E-state index in [2.05, 4.69) is 26.8 Å². The van der Waals surface area contributed by atoms with Crippen LogP contribution in [0.1, 0.15) is 6.92 Å². The van der Waals surface area contributed by atoms with E-state index >= 15 is 0 Å². The van der Waals surface area contributed by atoms with Gasteiger partial charge in [-0.05, 0) is 64.0 Å². The number of fused-ring (bicyclic) bond motifs is 1. The SMILES string of the molecule is CC(Oc1ccc2ccccc2c1)C(=O)NNC(=O)COc1ccc(F)cc1Br. The summed E-state index contributed by atoms with van der Waals surface area (Å²) in [6.07, 6.45) is -0.830. The molecule has 0 aromatic heterocycles. The van der Waals surface area contributed by atoms with Crippen molar-refractivity contribution in [3.8, 4) is 11.5 Å². The third kappa shape index (κ3) is 5.68. The lowest BCUT2D eigenvalue weighted by atomic mass is 10.1. The average Bonchev–Trinajstić information content (AvgIpc) is 2.71. The van der Waals surface area contributed by atoms with Crippen LogP contribution < -0.4 is 20.3 Å². The van der Waals surface area contributed by atoms with Crippen molar-refractivity contribution in [2.24, 2.45) is 0 Å². The number of hydrazine groups is 1. The van der Waals surface area contributed by atoms with E-state index in [1.165, 1.54) is 18.2 Å². The van der Waals surface area contributed by atoms with E-state index in [4.69, 9.17) is 9.47 Å². The minimum atomic E-state index is -0.830. The molecule has 0 radical (unpaired) electrons. The molecule has 0 aliphatic rings. The van der Waals surface area contributed by atoms with Crippen LogP contribution in [0.5, 0.6) is 11.5 Å². The molecule has 2 amide bonds. The largest absolute Gasteiger partial charge is 0.483 e. The summed E-state index contributed by atoms with van der Waals surface area (Å²) >= 11 is 3.14. The highest BCUT2D eigenvalue weighted by atomic mass is 79.9. The maximum absolute atomic E-state index is 13.0. The third-order valence-electron chi connectivity index (χ3n) is 3.98. The Morgan fingerprint density at radius 3 is 2.55 bits per heavy atom. The molecule has 3 aromatic carbocycles. The number of benzene rings is 3.